The highest BCUT2D eigenvalue weighted by Gasteiger charge is 2.22. The number of nitrogens with zero attached hydrogens (tertiary/aromatic N) is 2. The highest BCUT2D eigenvalue weighted by atomic mass is 32.2. The third kappa shape index (κ3) is 6.11. The van der Waals surface area contributed by atoms with Crippen LogP contribution in [0.25, 0.3) is 0 Å². The highest BCUT2D eigenvalue weighted by molar-refractivity contribution is 7.89. The zero-order valence-corrected chi connectivity index (χ0v) is 17.4. The number of nitrogens with one attached hydrogen (secondary N) is 1. The van der Waals surface area contributed by atoms with Crippen molar-refractivity contribution in [2.75, 3.05) is 39.9 Å². The zero-order chi connectivity index (χ0) is 20.7. The summed E-state index contributed by atoms with van der Waals surface area (Å²) in [5, 5.41) is 2.81. The first-order chi connectivity index (χ1) is 13.9. The lowest BCUT2D eigenvalue weighted by Crippen LogP contribution is -2.38. The van der Waals surface area contributed by atoms with E-state index in [1.165, 1.54) is 24.7 Å². The molecule has 0 saturated carbocycles. The molecule has 3 rings (SSSR count). The van der Waals surface area contributed by atoms with Gasteiger partial charge in [0.25, 0.3) is 0 Å². The molecule has 0 aromatic heterocycles. The van der Waals surface area contributed by atoms with Crippen LogP contribution in [0.3, 0.4) is 0 Å². The van der Waals surface area contributed by atoms with E-state index in [2.05, 4.69) is 22.3 Å². The van der Waals surface area contributed by atoms with E-state index in [4.69, 9.17) is 4.74 Å². The average molecular weight is 418 g/mol. The molecule has 0 radical (unpaired) electrons. The van der Waals surface area contributed by atoms with E-state index in [1.807, 2.05) is 12.1 Å². The van der Waals surface area contributed by atoms with E-state index in [0.717, 1.165) is 42.7 Å². The topological polar surface area (TPSA) is 79.0 Å². The van der Waals surface area contributed by atoms with Gasteiger partial charge in [-0.2, -0.15) is 4.31 Å². The summed E-state index contributed by atoms with van der Waals surface area (Å²) in [4.78, 5) is 14.8. The Bertz CT molecular complexity index is 913. The van der Waals surface area contributed by atoms with Crippen molar-refractivity contribution in [3.05, 3.63) is 65.7 Å². The van der Waals surface area contributed by atoms with Crippen molar-refractivity contribution in [1.29, 1.82) is 0 Å². The summed E-state index contributed by atoms with van der Waals surface area (Å²) in [6.45, 7) is 4.33. The quantitative estimate of drug-likeness (QED) is 0.704. The van der Waals surface area contributed by atoms with Gasteiger partial charge in [-0.25, -0.2) is 8.42 Å². The van der Waals surface area contributed by atoms with Gasteiger partial charge in [0.1, 0.15) is 0 Å². The van der Waals surface area contributed by atoms with Crippen LogP contribution in [-0.2, 0) is 32.6 Å². The second kappa shape index (κ2) is 9.98. The summed E-state index contributed by atoms with van der Waals surface area (Å²) in [5.41, 5.74) is 2.17. The molecule has 1 N–H and O–H groups in total. The van der Waals surface area contributed by atoms with Gasteiger partial charge in [-0.1, -0.05) is 42.5 Å². The number of benzene rings is 2. The lowest BCUT2D eigenvalue weighted by molar-refractivity contribution is -0.121. The number of likely N-dealkylation sites (N-methyl/N-ethyl adjacent to an activating group) is 1. The molecular weight excluding hydrogens is 390 g/mol. The van der Waals surface area contributed by atoms with Crippen LogP contribution in [0.15, 0.2) is 59.5 Å². The molecule has 2 aromatic rings. The van der Waals surface area contributed by atoms with Crippen LogP contribution in [0.1, 0.15) is 11.1 Å². The van der Waals surface area contributed by atoms with Gasteiger partial charge in [-0.05, 0) is 23.3 Å². The number of amides is 1. The number of rotatable bonds is 8. The number of ether oxygens (including phenoxy) is 1. The molecule has 1 heterocycles. The van der Waals surface area contributed by atoms with Crippen molar-refractivity contribution in [3.8, 4) is 0 Å². The molecule has 156 valence electrons. The first kappa shape index (κ1) is 21.4. The van der Waals surface area contributed by atoms with Crippen molar-refractivity contribution in [2.24, 2.45) is 0 Å². The maximum atomic E-state index is 12.5. The summed E-state index contributed by atoms with van der Waals surface area (Å²) in [5.74, 6) is -0.342. The van der Waals surface area contributed by atoms with Gasteiger partial charge in [0.2, 0.25) is 15.9 Å². The van der Waals surface area contributed by atoms with E-state index in [-0.39, 0.29) is 17.3 Å². The molecule has 1 saturated heterocycles. The molecule has 7 nitrogen and oxygen atoms in total. The van der Waals surface area contributed by atoms with Gasteiger partial charge in [0, 0.05) is 33.2 Å². The molecule has 1 fully saturated rings. The molecule has 0 atom stereocenters. The number of carbonyl (C=O) groups is 1. The van der Waals surface area contributed by atoms with Gasteiger partial charge in [-0.15, -0.1) is 0 Å². The Morgan fingerprint density at radius 1 is 1.07 bits per heavy atom. The number of hydrogen-bond acceptors (Lipinski definition) is 5. The van der Waals surface area contributed by atoms with Crippen LogP contribution < -0.4 is 5.32 Å². The summed E-state index contributed by atoms with van der Waals surface area (Å²) < 4.78 is 31.5. The molecule has 1 amide bonds. The summed E-state index contributed by atoms with van der Waals surface area (Å²) >= 11 is 0. The fourth-order valence-corrected chi connectivity index (χ4v) is 4.32. The molecule has 2 aromatic carbocycles. The number of morpholine rings is 1. The first-order valence-corrected chi connectivity index (χ1v) is 11.0. The average Bonchev–Trinajstić information content (AvgIpc) is 2.74. The van der Waals surface area contributed by atoms with E-state index in [9.17, 15) is 13.2 Å². The van der Waals surface area contributed by atoms with E-state index < -0.39 is 10.0 Å². The predicted octanol–water partition coefficient (Wildman–Crippen LogP) is 1.46. The first-order valence-electron chi connectivity index (χ1n) is 9.61. The van der Waals surface area contributed by atoms with Crippen molar-refractivity contribution < 1.29 is 17.9 Å². The van der Waals surface area contributed by atoms with Crippen molar-refractivity contribution in [2.45, 2.75) is 18.0 Å². The molecular formula is C21H27N3O4S. The second-order valence-electron chi connectivity index (χ2n) is 7.06. The lowest BCUT2D eigenvalue weighted by Gasteiger charge is -2.26. The van der Waals surface area contributed by atoms with Gasteiger partial charge in [0.15, 0.2) is 0 Å². The smallest absolute Gasteiger partial charge is 0.243 e. The maximum absolute atomic E-state index is 12.5. The van der Waals surface area contributed by atoms with E-state index in [1.54, 1.807) is 18.2 Å². The minimum atomic E-state index is -3.68. The molecule has 0 aliphatic carbocycles. The Morgan fingerprint density at radius 3 is 2.48 bits per heavy atom. The van der Waals surface area contributed by atoms with Crippen LogP contribution in [0.4, 0.5) is 0 Å². The maximum Gasteiger partial charge on any atom is 0.243 e. The lowest BCUT2D eigenvalue weighted by atomic mass is 10.1. The third-order valence-electron chi connectivity index (χ3n) is 4.81. The van der Waals surface area contributed by atoms with Crippen molar-refractivity contribution in [3.63, 3.8) is 0 Å². The fraction of sp³-hybridized carbons (Fsp3) is 0.381. The van der Waals surface area contributed by atoms with Crippen LogP contribution >= 0.6 is 0 Å². The fourth-order valence-electron chi connectivity index (χ4n) is 3.17. The van der Waals surface area contributed by atoms with Gasteiger partial charge in [0.05, 0.1) is 24.7 Å². The number of carbonyl (C=O) groups excluding carboxylic acids is 1. The van der Waals surface area contributed by atoms with Gasteiger partial charge in [-0.3, -0.25) is 9.69 Å². The molecule has 0 spiro atoms. The minimum absolute atomic E-state index is 0.172. The van der Waals surface area contributed by atoms with Crippen LogP contribution in [0.2, 0.25) is 0 Å². The molecule has 1 aliphatic rings. The number of hydrogen-bond donors (Lipinski definition) is 1. The number of sulfonamides is 1. The van der Waals surface area contributed by atoms with Gasteiger partial charge >= 0.3 is 0 Å². The van der Waals surface area contributed by atoms with Crippen molar-refractivity contribution >= 4 is 15.9 Å². The van der Waals surface area contributed by atoms with E-state index in [0.29, 0.717) is 6.54 Å². The molecule has 1 aliphatic heterocycles. The summed E-state index contributed by atoms with van der Waals surface area (Å²) in [6.07, 6.45) is 0. The monoisotopic (exact) mass is 417 g/mol. The Hall–Kier alpha value is -2.26. The Balaban J connectivity index is 1.52. The van der Waals surface area contributed by atoms with Crippen LogP contribution in [-0.4, -0.2) is 63.4 Å². The normalized spacial score (nSPS) is 15.4. The Kier molecular flexibility index (Phi) is 7.38. The van der Waals surface area contributed by atoms with Gasteiger partial charge < -0.3 is 10.1 Å². The van der Waals surface area contributed by atoms with Crippen LogP contribution in [0, 0.1) is 0 Å². The molecule has 8 heteroatoms. The third-order valence-corrected chi connectivity index (χ3v) is 6.63. The highest BCUT2D eigenvalue weighted by Crippen LogP contribution is 2.13. The van der Waals surface area contributed by atoms with E-state index >= 15 is 0 Å². The second-order valence-corrected chi connectivity index (χ2v) is 9.10. The largest absolute Gasteiger partial charge is 0.379 e. The molecule has 0 bridgehead atoms. The Labute approximate surface area is 172 Å². The summed E-state index contributed by atoms with van der Waals surface area (Å²) in [7, 11) is -2.28. The predicted molar refractivity (Wildman–Crippen MR) is 111 cm³/mol. The Morgan fingerprint density at radius 2 is 1.76 bits per heavy atom. The van der Waals surface area contributed by atoms with Crippen LogP contribution in [0.5, 0.6) is 0 Å². The summed E-state index contributed by atoms with van der Waals surface area (Å²) in [6, 6.07) is 16.2. The zero-order valence-electron chi connectivity index (χ0n) is 16.6. The SMILES string of the molecule is CN(CC(=O)NCc1cccc(CN2CCOCC2)c1)S(=O)(=O)c1ccccc1. The van der Waals surface area contributed by atoms with Crippen molar-refractivity contribution in [1.82, 2.24) is 14.5 Å². The standard InChI is InChI=1S/C21H27N3O4S/c1-23(29(26,27)20-8-3-2-4-9-20)17-21(25)22-15-18-6-5-7-19(14-18)16-24-10-12-28-13-11-24/h2-9,14H,10-13,15-17H2,1H3,(H,22,25). The molecule has 0 unspecified atom stereocenters. The molecule has 29 heavy (non-hydrogen) atoms. The minimum Gasteiger partial charge on any atom is -0.379 e.